The molecule has 2 N–H and O–H groups in total. The third-order valence-electron chi connectivity index (χ3n) is 2.22. The number of hydrogen-bond acceptors (Lipinski definition) is 2. The number of hydrogen-bond donors (Lipinski definition) is 1. The lowest BCUT2D eigenvalue weighted by Gasteiger charge is -2.08. The summed E-state index contributed by atoms with van der Waals surface area (Å²) in [7, 11) is 1.69. The van der Waals surface area contributed by atoms with Crippen molar-refractivity contribution < 1.29 is 4.74 Å². The van der Waals surface area contributed by atoms with Crippen LogP contribution in [-0.4, -0.2) is 13.7 Å². The molecular formula is C12H17NO. The second-order valence-electron chi connectivity index (χ2n) is 3.32. The van der Waals surface area contributed by atoms with E-state index in [2.05, 4.69) is 13.0 Å². The minimum absolute atomic E-state index is 0.574. The number of methoxy groups -OCH3 is 1. The third kappa shape index (κ3) is 2.36. The SMILES string of the molecule is COc1cc(C)c(C=CCN)cc1C. The van der Waals surface area contributed by atoms with Gasteiger partial charge in [0.2, 0.25) is 0 Å². The Labute approximate surface area is 85.4 Å². The summed E-state index contributed by atoms with van der Waals surface area (Å²) in [5.74, 6) is 0.937. The first-order valence-corrected chi connectivity index (χ1v) is 4.71. The van der Waals surface area contributed by atoms with Gasteiger partial charge in [0.1, 0.15) is 5.75 Å². The van der Waals surface area contributed by atoms with Gasteiger partial charge in [0.15, 0.2) is 0 Å². The maximum absolute atomic E-state index is 5.41. The molecule has 1 aromatic rings. The summed E-state index contributed by atoms with van der Waals surface area (Å²) in [6.07, 6.45) is 4.00. The predicted octanol–water partition coefficient (Wildman–Crippen LogP) is 2.28. The van der Waals surface area contributed by atoms with Gasteiger partial charge in [-0.25, -0.2) is 0 Å². The number of benzene rings is 1. The summed E-state index contributed by atoms with van der Waals surface area (Å²) in [5.41, 5.74) is 8.97. The van der Waals surface area contributed by atoms with Gasteiger partial charge in [-0.1, -0.05) is 12.2 Å². The number of rotatable bonds is 3. The Morgan fingerprint density at radius 1 is 1.29 bits per heavy atom. The van der Waals surface area contributed by atoms with Crippen LogP contribution in [0.1, 0.15) is 16.7 Å². The lowest BCUT2D eigenvalue weighted by atomic mass is 10.0. The summed E-state index contributed by atoms with van der Waals surface area (Å²) in [5, 5.41) is 0. The molecule has 0 atom stereocenters. The monoisotopic (exact) mass is 191 g/mol. The van der Waals surface area contributed by atoms with E-state index >= 15 is 0 Å². The molecule has 0 bridgehead atoms. The maximum atomic E-state index is 5.41. The topological polar surface area (TPSA) is 35.2 Å². The molecule has 0 saturated carbocycles. The predicted molar refractivity (Wildman–Crippen MR) is 60.6 cm³/mol. The quantitative estimate of drug-likeness (QED) is 0.795. The minimum Gasteiger partial charge on any atom is -0.496 e. The molecular weight excluding hydrogens is 174 g/mol. The number of ether oxygens (including phenoxy) is 1. The zero-order valence-corrected chi connectivity index (χ0v) is 9.00. The molecule has 0 amide bonds. The third-order valence-corrected chi connectivity index (χ3v) is 2.22. The van der Waals surface area contributed by atoms with Gasteiger partial charge in [-0.2, -0.15) is 0 Å². The van der Waals surface area contributed by atoms with Gasteiger partial charge >= 0.3 is 0 Å². The van der Waals surface area contributed by atoms with Crippen molar-refractivity contribution in [2.45, 2.75) is 13.8 Å². The van der Waals surface area contributed by atoms with Crippen molar-refractivity contribution in [3.8, 4) is 5.75 Å². The first kappa shape index (κ1) is 10.8. The molecule has 14 heavy (non-hydrogen) atoms. The fourth-order valence-corrected chi connectivity index (χ4v) is 1.41. The van der Waals surface area contributed by atoms with E-state index in [0.29, 0.717) is 6.54 Å². The van der Waals surface area contributed by atoms with Crippen molar-refractivity contribution in [1.82, 2.24) is 0 Å². The van der Waals surface area contributed by atoms with Crippen molar-refractivity contribution in [2.75, 3.05) is 13.7 Å². The molecule has 0 aliphatic rings. The second-order valence-corrected chi connectivity index (χ2v) is 3.32. The second kappa shape index (κ2) is 4.82. The molecule has 0 aromatic heterocycles. The lowest BCUT2D eigenvalue weighted by Crippen LogP contribution is -1.94. The molecule has 0 heterocycles. The highest BCUT2D eigenvalue weighted by molar-refractivity contribution is 5.57. The van der Waals surface area contributed by atoms with Gasteiger partial charge in [-0.3, -0.25) is 0 Å². The molecule has 0 aliphatic heterocycles. The Kier molecular flexibility index (Phi) is 3.72. The summed E-state index contributed by atoms with van der Waals surface area (Å²) in [6, 6.07) is 4.16. The number of aryl methyl sites for hydroxylation is 2. The summed E-state index contributed by atoms with van der Waals surface area (Å²) < 4.78 is 5.24. The smallest absolute Gasteiger partial charge is 0.122 e. The molecule has 0 spiro atoms. The van der Waals surface area contributed by atoms with Crippen LogP contribution in [0.3, 0.4) is 0 Å². The van der Waals surface area contributed by atoms with Gasteiger partial charge < -0.3 is 10.5 Å². The largest absolute Gasteiger partial charge is 0.496 e. The fraction of sp³-hybridized carbons (Fsp3) is 0.333. The molecule has 0 aliphatic carbocycles. The first-order valence-electron chi connectivity index (χ1n) is 4.71. The van der Waals surface area contributed by atoms with Crippen LogP contribution in [0.15, 0.2) is 18.2 Å². The highest BCUT2D eigenvalue weighted by Crippen LogP contribution is 2.23. The fourth-order valence-electron chi connectivity index (χ4n) is 1.41. The van der Waals surface area contributed by atoms with Crippen LogP contribution in [0.4, 0.5) is 0 Å². The standard InChI is InChI=1S/C12H17NO/c1-9-8-12(14-3)10(2)7-11(9)5-4-6-13/h4-5,7-8H,6,13H2,1-3H3. The molecule has 76 valence electrons. The van der Waals surface area contributed by atoms with E-state index in [9.17, 15) is 0 Å². The molecule has 1 aromatic carbocycles. The van der Waals surface area contributed by atoms with Crippen LogP contribution in [0.5, 0.6) is 5.75 Å². The van der Waals surface area contributed by atoms with Crippen molar-refractivity contribution in [1.29, 1.82) is 0 Å². The minimum atomic E-state index is 0.574. The summed E-state index contributed by atoms with van der Waals surface area (Å²) in [6.45, 7) is 4.68. The number of nitrogens with two attached hydrogens (primary N) is 1. The Morgan fingerprint density at radius 2 is 2.00 bits per heavy atom. The molecule has 2 heteroatoms. The van der Waals surface area contributed by atoms with E-state index in [1.807, 2.05) is 25.1 Å². The summed E-state index contributed by atoms with van der Waals surface area (Å²) in [4.78, 5) is 0. The normalized spacial score (nSPS) is 10.9. The van der Waals surface area contributed by atoms with Crippen molar-refractivity contribution in [2.24, 2.45) is 5.73 Å². The highest BCUT2D eigenvalue weighted by Gasteiger charge is 2.01. The van der Waals surface area contributed by atoms with Crippen molar-refractivity contribution in [3.05, 3.63) is 34.9 Å². The molecule has 0 radical (unpaired) electrons. The van der Waals surface area contributed by atoms with Crippen LogP contribution < -0.4 is 10.5 Å². The molecule has 1 rings (SSSR count). The van der Waals surface area contributed by atoms with E-state index in [-0.39, 0.29) is 0 Å². The molecule has 0 unspecified atom stereocenters. The average molecular weight is 191 g/mol. The van der Waals surface area contributed by atoms with Gasteiger partial charge in [-0.15, -0.1) is 0 Å². The molecule has 0 fully saturated rings. The van der Waals surface area contributed by atoms with E-state index in [0.717, 1.165) is 11.3 Å². The van der Waals surface area contributed by atoms with Crippen LogP contribution in [0.2, 0.25) is 0 Å². The Morgan fingerprint density at radius 3 is 2.57 bits per heavy atom. The van der Waals surface area contributed by atoms with Crippen LogP contribution >= 0.6 is 0 Å². The maximum Gasteiger partial charge on any atom is 0.122 e. The zero-order valence-electron chi connectivity index (χ0n) is 9.00. The van der Waals surface area contributed by atoms with Gasteiger partial charge in [0.05, 0.1) is 7.11 Å². The summed E-state index contributed by atoms with van der Waals surface area (Å²) >= 11 is 0. The van der Waals surface area contributed by atoms with E-state index < -0.39 is 0 Å². The van der Waals surface area contributed by atoms with Gasteiger partial charge in [0.25, 0.3) is 0 Å². The average Bonchev–Trinajstić information content (AvgIpc) is 2.18. The first-order chi connectivity index (χ1) is 6.69. The van der Waals surface area contributed by atoms with Gasteiger partial charge in [-0.05, 0) is 42.7 Å². The van der Waals surface area contributed by atoms with E-state index in [1.165, 1.54) is 11.1 Å². The lowest BCUT2D eigenvalue weighted by molar-refractivity contribution is 0.411. The Hall–Kier alpha value is -1.28. The zero-order chi connectivity index (χ0) is 10.6. The van der Waals surface area contributed by atoms with Crippen LogP contribution in [0, 0.1) is 13.8 Å². The Balaban J connectivity index is 3.08. The highest BCUT2D eigenvalue weighted by atomic mass is 16.5. The van der Waals surface area contributed by atoms with Gasteiger partial charge in [0, 0.05) is 6.54 Å². The van der Waals surface area contributed by atoms with E-state index in [4.69, 9.17) is 10.5 Å². The van der Waals surface area contributed by atoms with Crippen molar-refractivity contribution in [3.63, 3.8) is 0 Å². The van der Waals surface area contributed by atoms with Crippen LogP contribution in [-0.2, 0) is 0 Å². The van der Waals surface area contributed by atoms with Crippen molar-refractivity contribution >= 4 is 6.08 Å². The molecule has 0 saturated heterocycles. The van der Waals surface area contributed by atoms with Crippen LogP contribution in [0.25, 0.3) is 6.08 Å². The van der Waals surface area contributed by atoms with E-state index in [1.54, 1.807) is 7.11 Å². The Bertz CT molecular complexity index is 342. The molecule has 2 nitrogen and oxygen atoms in total.